The van der Waals surface area contributed by atoms with E-state index >= 15 is 0 Å². The predicted molar refractivity (Wildman–Crippen MR) is 77.1 cm³/mol. The Labute approximate surface area is 121 Å². The van der Waals surface area contributed by atoms with Crippen molar-refractivity contribution >= 4 is 17.3 Å². The molecule has 1 heterocycles. The van der Waals surface area contributed by atoms with Crippen LogP contribution < -0.4 is 5.32 Å². The van der Waals surface area contributed by atoms with E-state index in [-0.39, 0.29) is 17.3 Å². The quantitative estimate of drug-likeness (QED) is 0.690. The van der Waals surface area contributed by atoms with Gasteiger partial charge in [0, 0.05) is 12.4 Å². The molecule has 0 aliphatic carbocycles. The first-order valence-electron chi connectivity index (χ1n) is 6.31. The molecule has 2 aromatic rings. The third-order valence-electron chi connectivity index (χ3n) is 2.90. The Kier molecular flexibility index (Phi) is 3.84. The molecule has 0 fully saturated rings. The summed E-state index contributed by atoms with van der Waals surface area (Å²) in [4.78, 5) is 18.3. The molecule has 6 nitrogen and oxygen atoms in total. The molecule has 0 aliphatic rings. The molecule has 0 unspecified atom stereocenters. The maximum absolute atomic E-state index is 14.1. The maximum atomic E-state index is 14.1. The van der Waals surface area contributed by atoms with Crippen LogP contribution in [0.1, 0.15) is 26.3 Å². The summed E-state index contributed by atoms with van der Waals surface area (Å²) in [6, 6.07) is 3.99. The van der Waals surface area contributed by atoms with Gasteiger partial charge in [-0.2, -0.15) is 0 Å². The van der Waals surface area contributed by atoms with Crippen molar-refractivity contribution in [3.05, 3.63) is 52.1 Å². The van der Waals surface area contributed by atoms with Crippen molar-refractivity contribution in [2.45, 2.75) is 26.2 Å². The molecular weight excluding hydrogens is 275 g/mol. The van der Waals surface area contributed by atoms with Gasteiger partial charge < -0.3 is 5.32 Å². The van der Waals surface area contributed by atoms with E-state index in [4.69, 9.17) is 0 Å². The van der Waals surface area contributed by atoms with Crippen molar-refractivity contribution in [1.29, 1.82) is 0 Å². The highest BCUT2D eigenvalue weighted by molar-refractivity contribution is 5.68. The number of nitro groups is 1. The summed E-state index contributed by atoms with van der Waals surface area (Å²) in [6.07, 6.45) is 3.02. The highest BCUT2D eigenvalue weighted by Gasteiger charge is 2.25. The smallest absolute Gasteiger partial charge is 0.295 e. The van der Waals surface area contributed by atoms with E-state index in [2.05, 4.69) is 15.3 Å². The molecule has 1 aromatic carbocycles. The first-order chi connectivity index (χ1) is 9.79. The molecule has 0 radical (unpaired) electrons. The van der Waals surface area contributed by atoms with Gasteiger partial charge in [-0.15, -0.1) is 0 Å². The molecule has 7 heteroatoms. The van der Waals surface area contributed by atoms with Crippen LogP contribution in [0.15, 0.2) is 30.6 Å². The summed E-state index contributed by atoms with van der Waals surface area (Å²) in [7, 11) is 0. The molecule has 1 aromatic heterocycles. The Morgan fingerprint density at radius 1 is 1.24 bits per heavy atom. The largest absolute Gasteiger partial charge is 0.318 e. The number of nitrogens with one attached hydrogen (secondary N) is 1. The van der Waals surface area contributed by atoms with Crippen LogP contribution in [0.5, 0.6) is 0 Å². The summed E-state index contributed by atoms with van der Waals surface area (Å²) >= 11 is 0. The van der Waals surface area contributed by atoms with Gasteiger partial charge in [0.2, 0.25) is 5.95 Å². The molecule has 0 saturated heterocycles. The second-order valence-corrected chi connectivity index (χ2v) is 5.55. The lowest BCUT2D eigenvalue weighted by molar-refractivity contribution is -0.384. The number of nitrogens with zero attached hydrogens (tertiary/aromatic N) is 3. The fraction of sp³-hybridized carbons (Fsp3) is 0.286. The van der Waals surface area contributed by atoms with Crippen molar-refractivity contribution in [1.82, 2.24) is 9.97 Å². The Balaban J connectivity index is 2.54. The van der Waals surface area contributed by atoms with Gasteiger partial charge in [-0.1, -0.05) is 20.8 Å². The van der Waals surface area contributed by atoms with E-state index in [1.54, 1.807) is 6.07 Å². The number of anilines is 2. The number of aromatic nitrogens is 2. The molecule has 0 spiro atoms. The van der Waals surface area contributed by atoms with Crippen LogP contribution in [0.4, 0.5) is 21.7 Å². The van der Waals surface area contributed by atoms with Crippen molar-refractivity contribution in [2.24, 2.45) is 0 Å². The van der Waals surface area contributed by atoms with Crippen LogP contribution >= 0.6 is 0 Å². The van der Waals surface area contributed by atoms with Gasteiger partial charge in [0.25, 0.3) is 5.69 Å². The van der Waals surface area contributed by atoms with Crippen LogP contribution in [0.25, 0.3) is 0 Å². The number of benzene rings is 1. The average molecular weight is 290 g/mol. The highest BCUT2D eigenvalue weighted by atomic mass is 19.1. The lowest BCUT2D eigenvalue weighted by Crippen LogP contribution is -2.15. The van der Waals surface area contributed by atoms with Gasteiger partial charge in [-0.3, -0.25) is 10.1 Å². The molecule has 21 heavy (non-hydrogen) atoms. The van der Waals surface area contributed by atoms with Gasteiger partial charge in [-0.25, -0.2) is 14.4 Å². The predicted octanol–water partition coefficient (Wildman–Crippen LogP) is 3.57. The van der Waals surface area contributed by atoms with Gasteiger partial charge in [-0.05, 0) is 23.1 Å². The second-order valence-electron chi connectivity index (χ2n) is 5.55. The van der Waals surface area contributed by atoms with Crippen LogP contribution in [0.2, 0.25) is 0 Å². The number of nitro benzene ring substituents is 1. The number of rotatable bonds is 3. The fourth-order valence-corrected chi connectivity index (χ4v) is 1.87. The summed E-state index contributed by atoms with van der Waals surface area (Å²) in [5.41, 5.74) is -0.287. The summed E-state index contributed by atoms with van der Waals surface area (Å²) in [5.74, 6) is -0.388. The lowest BCUT2D eigenvalue weighted by atomic mass is 9.86. The van der Waals surface area contributed by atoms with Gasteiger partial charge >= 0.3 is 0 Å². The van der Waals surface area contributed by atoms with Crippen molar-refractivity contribution in [3.8, 4) is 0 Å². The number of halogens is 1. The average Bonchev–Trinajstić information content (AvgIpc) is 2.40. The minimum Gasteiger partial charge on any atom is -0.318 e. The summed E-state index contributed by atoms with van der Waals surface area (Å²) in [5, 5.41) is 13.8. The lowest BCUT2D eigenvalue weighted by Gasteiger charge is -2.20. The molecule has 0 bridgehead atoms. The van der Waals surface area contributed by atoms with Crippen LogP contribution in [-0.2, 0) is 5.41 Å². The van der Waals surface area contributed by atoms with E-state index in [1.807, 2.05) is 20.8 Å². The maximum Gasteiger partial charge on any atom is 0.295 e. The monoisotopic (exact) mass is 290 g/mol. The van der Waals surface area contributed by atoms with Gasteiger partial charge in [0.1, 0.15) is 11.5 Å². The van der Waals surface area contributed by atoms with Crippen LogP contribution in [0, 0.1) is 15.9 Å². The minimum absolute atomic E-state index is 0.164. The number of hydrogen-bond acceptors (Lipinski definition) is 5. The molecular formula is C14H15FN4O2. The van der Waals surface area contributed by atoms with Crippen molar-refractivity contribution in [2.75, 3.05) is 5.32 Å². The molecule has 0 saturated carbocycles. The Bertz CT molecular complexity index is 669. The van der Waals surface area contributed by atoms with E-state index in [0.717, 1.165) is 6.07 Å². The normalized spacial score (nSPS) is 11.2. The zero-order valence-electron chi connectivity index (χ0n) is 11.9. The molecule has 0 atom stereocenters. The zero-order valence-corrected chi connectivity index (χ0v) is 11.9. The SMILES string of the molecule is CC(C)(C)c1cc(Nc2ncccn2)c([N+](=O)[O-])cc1F. The Hall–Kier alpha value is -2.57. The summed E-state index contributed by atoms with van der Waals surface area (Å²) < 4.78 is 14.1. The van der Waals surface area contributed by atoms with Crippen molar-refractivity contribution in [3.63, 3.8) is 0 Å². The van der Waals surface area contributed by atoms with Crippen LogP contribution in [0.3, 0.4) is 0 Å². The summed E-state index contributed by atoms with van der Waals surface area (Å²) in [6.45, 7) is 5.50. The third kappa shape index (κ3) is 3.31. The standard InChI is InChI=1S/C14H15FN4O2/c1-14(2,3)9-7-11(12(19(20)21)8-10(9)15)18-13-16-5-4-6-17-13/h4-8H,1-3H3,(H,16,17,18). The fourth-order valence-electron chi connectivity index (χ4n) is 1.87. The highest BCUT2D eigenvalue weighted by Crippen LogP contribution is 2.34. The van der Waals surface area contributed by atoms with E-state index < -0.39 is 16.2 Å². The minimum atomic E-state index is -0.638. The zero-order chi connectivity index (χ0) is 15.6. The molecule has 0 amide bonds. The van der Waals surface area contributed by atoms with Crippen LogP contribution in [-0.4, -0.2) is 14.9 Å². The van der Waals surface area contributed by atoms with E-state index in [9.17, 15) is 14.5 Å². The topological polar surface area (TPSA) is 81.0 Å². The first kappa shape index (κ1) is 14.8. The van der Waals surface area contributed by atoms with Gasteiger partial charge in [0.05, 0.1) is 11.0 Å². The first-order valence-corrected chi connectivity index (χ1v) is 6.31. The molecule has 1 N–H and O–H groups in total. The Morgan fingerprint density at radius 3 is 2.38 bits per heavy atom. The Morgan fingerprint density at radius 2 is 1.86 bits per heavy atom. The third-order valence-corrected chi connectivity index (χ3v) is 2.90. The van der Waals surface area contributed by atoms with E-state index in [0.29, 0.717) is 5.56 Å². The number of hydrogen-bond donors (Lipinski definition) is 1. The molecule has 0 aliphatic heterocycles. The van der Waals surface area contributed by atoms with Gasteiger partial charge in [0.15, 0.2) is 0 Å². The van der Waals surface area contributed by atoms with E-state index in [1.165, 1.54) is 18.5 Å². The second kappa shape index (κ2) is 5.43. The molecule has 2 rings (SSSR count). The molecule has 110 valence electrons. The van der Waals surface area contributed by atoms with Crippen molar-refractivity contribution < 1.29 is 9.31 Å².